The number of aromatic nitrogens is 4. The van der Waals surface area contributed by atoms with Crippen molar-refractivity contribution in [2.75, 3.05) is 0 Å². The highest BCUT2D eigenvalue weighted by molar-refractivity contribution is 5.85. The summed E-state index contributed by atoms with van der Waals surface area (Å²) in [6.07, 6.45) is 5.07. The molecule has 0 spiro atoms. The number of carbonyl (C=O) groups is 1. The van der Waals surface area contributed by atoms with Crippen molar-refractivity contribution in [3.8, 4) is 34.1 Å². The van der Waals surface area contributed by atoms with Crippen molar-refractivity contribution in [2.45, 2.75) is 18.9 Å². The zero-order valence-electron chi connectivity index (χ0n) is 17.3. The lowest BCUT2D eigenvalue weighted by atomic mass is 10.0. The molecule has 0 aliphatic carbocycles. The minimum absolute atomic E-state index is 0. The topological polar surface area (TPSA) is 127 Å². The van der Waals surface area contributed by atoms with Gasteiger partial charge in [0.15, 0.2) is 5.82 Å². The first-order valence-corrected chi connectivity index (χ1v) is 9.84. The minimum atomic E-state index is -0.927. The summed E-state index contributed by atoms with van der Waals surface area (Å²) >= 11 is 0. The Morgan fingerprint density at radius 2 is 1.88 bits per heavy atom. The summed E-state index contributed by atoms with van der Waals surface area (Å²) in [5, 5.41) is 15.5. The number of nitrogens with zero attached hydrogens (tertiary/aromatic N) is 3. The molecule has 10 heteroatoms. The van der Waals surface area contributed by atoms with E-state index in [1.165, 1.54) is 12.3 Å². The summed E-state index contributed by atoms with van der Waals surface area (Å²) < 4.78 is 20.0. The van der Waals surface area contributed by atoms with Crippen LogP contribution in [0, 0.1) is 5.82 Å². The number of benzene rings is 1. The van der Waals surface area contributed by atoms with Crippen molar-refractivity contribution in [3.05, 3.63) is 78.5 Å². The Bertz CT molecular complexity index is 1220. The van der Waals surface area contributed by atoms with Gasteiger partial charge in [-0.3, -0.25) is 14.9 Å². The number of pyridine rings is 2. The summed E-state index contributed by atoms with van der Waals surface area (Å²) in [6, 6.07) is 13.3. The fraction of sp³-hybridized carbons (Fsp3) is 0.130. The van der Waals surface area contributed by atoms with E-state index in [0.29, 0.717) is 29.1 Å². The molecular formula is C23H21ClFN5O3. The van der Waals surface area contributed by atoms with Gasteiger partial charge in [-0.1, -0.05) is 0 Å². The molecule has 33 heavy (non-hydrogen) atoms. The average molecular weight is 470 g/mol. The van der Waals surface area contributed by atoms with E-state index in [1.54, 1.807) is 42.7 Å². The van der Waals surface area contributed by atoms with Gasteiger partial charge in [-0.2, -0.15) is 5.10 Å². The fourth-order valence-corrected chi connectivity index (χ4v) is 3.23. The Balaban J connectivity index is 0.00000306. The van der Waals surface area contributed by atoms with E-state index >= 15 is 0 Å². The second kappa shape index (κ2) is 10.7. The number of rotatable bonds is 8. The van der Waals surface area contributed by atoms with E-state index in [4.69, 9.17) is 15.6 Å². The van der Waals surface area contributed by atoms with Crippen molar-refractivity contribution >= 4 is 18.4 Å². The Morgan fingerprint density at radius 1 is 1.09 bits per heavy atom. The van der Waals surface area contributed by atoms with Crippen molar-refractivity contribution in [1.82, 2.24) is 20.2 Å². The van der Waals surface area contributed by atoms with Crippen LogP contribution >= 0.6 is 12.4 Å². The number of carboxylic acids is 1. The number of hydrogen-bond acceptors (Lipinski definition) is 6. The molecule has 0 radical (unpaired) electrons. The van der Waals surface area contributed by atoms with Crippen molar-refractivity contribution in [2.24, 2.45) is 5.73 Å². The number of aliphatic carboxylic acids is 1. The number of nitrogens with two attached hydrogens (primary N) is 1. The van der Waals surface area contributed by atoms with Gasteiger partial charge in [0, 0.05) is 35.8 Å². The van der Waals surface area contributed by atoms with Crippen LogP contribution in [0.25, 0.3) is 22.5 Å². The highest BCUT2D eigenvalue weighted by Gasteiger charge is 2.12. The number of hydrogen-bond donors (Lipinski definition) is 3. The molecule has 1 unspecified atom stereocenters. The van der Waals surface area contributed by atoms with E-state index in [-0.39, 0.29) is 24.7 Å². The van der Waals surface area contributed by atoms with E-state index in [1.807, 2.05) is 12.1 Å². The van der Waals surface area contributed by atoms with E-state index < -0.39 is 17.8 Å². The van der Waals surface area contributed by atoms with E-state index in [9.17, 15) is 9.18 Å². The normalized spacial score (nSPS) is 11.5. The average Bonchev–Trinajstić information content (AvgIpc) is 3.30. The Kier molecular flexibility index (Phi) is 7.70. The first-order chi connectivity index (χ1) is 15.5. The third-order valence-corrected chi connectivity index (χ3v) is 4.74. The van der Waals surface area contributed by atoms with E-state index in [0.717, 1.165) is 11.1 Å². The van der Waals surface area contributed by atoms with Crippen molar-refractivity contribution in [3.63, 3.8) is 0 Å². The summed E-state index contributed by atoms with van der Waals surface area (Å²) in [5.74, 6) is -1.22. The first-order valence-electron chi connectivity index (χ1n) is 9.84. The van der Waals surface area contributed by atoms with Gasteiger partial charge >= 0.3 is 5.97 Å². The van der Waals surface area contributed by atoms with Gasteiger partial charge in [0.25, 0.3) is 5.88 Å². The Labute approximate surface area is 195 Å². The third-order valence-electron chi connectivity index (χ3n) is 4.74. The number of nitrogens with one attached hydrogen (secondary N) is 1. The van der Waals surface area contributed by atoms with Crippen LogP contribution in [0.3, 0.4) is 0 Å². The molecule has 4 rings (SSSR count). The van der Waals surface area contributed by atoms with Crippen molar-refractivity contribution < 1.29 is 19.0 Å². The lowest BCUT2D eigenvalue weighted by molar-refractivity contribution is -0.137. The molecule has 0 aliphatic heterocycles. The van der Waals surface area contributed by atoms with Gasteiger partial charge < -0.3 is 15.6 Å². The molecule has 0 saturated carbocycles. The Hall–Kier alpha value is -3.82. The lowest BCUT2D eigenvalue weighted by Gasteiger charge is -2.10. The maximum atomic E-state index is 14.4. The zero-order valence-corrected chi connectivity index (χ0v) is 18.1. The SMILES string of the molecule is Cl.NC(CC(=O)O)Cc1ccnc(-c2ccc(Oc3ncc(-c4ccn[nH]4)cc3F)cc2)c1. The minimum Gasteiger partial charge on any atom is -0.481 e. The summed E-state index contributed by atoms with van der Waals surface area (Å²) in [4.78, 5) is 19.2. The lowest BCUT2D eigenvalue weighted by Crippen LogP contribution is -2.26. The summed E-state index contributed by atoms with van der Waals surface area (Å²) in [6.45, 7) is 0. The highest BCUT2D eigenvalue weighted by atomic mass is 35.5. The molecule has 1 atom stereocenters. The molecule has 4 N–H and O–H groups in total. The highest BCUT2D eigenvalue weighted by Crippen LogP contribution is 2.28. The largest absolute Gasteiger partial charge is 0.481 e. The molecule has 170 valence electrons. The van der Waals surface area contributed by atoms with Gasteiger partial charge in [-0.25, -0.2) is 9.37 Å². The van der Waals surface area contributed by atoms with Gasteiger partial charge in [0.2, 0.25) is 0 Å². The predicted molar refractivity (Wildman–Crippen MR) is 123 cm³/mol. The molecule has 8 nitrogen and oxygen atoms in total. The second-order valence-electron chi connectivity index (χ2n) is 7.22. The molecule has 0 saturated heterocycles. The van der Waals surface area contributed by atoms with Gasteiger partial charge in [0.05, 0.1) is 17.8 Å². The number of halogens is 2. The molecule has 3 heterocycles. The number of carboxylic acid groups (broad SMARTS) is 1. The Morgan fingerprint density at radius 3 is 2.55 bits per heavy atom. The molecular weight excluding hydrogens is 449 g/mol. The van der Waals surface area contributed by atoms with E-state index in [2.05, 4.69) is 20.2 Å². The number of H-pyrrole nitrogens is 1. The standard InChI is InChI=1S/C23H20FN5O3.ClH/c24-19-11-16(20-6-8-28-29-20)13-27-23(19)32-18-3-1-15(2-4-18)21-10-14(5-7-26-21)9-17(25)12-22(30)31;/h1-8,10-11,13,17H,9,12,25H2,(H,28,29)(H,30,31);1H. The van der Waals surface area contributed by atoms with Crippen LogP contribution in [0.5, 0.6) is 11.6 Å². The number of aromatic amines is 1. The molecule has 0 aliphatic rings. The monoisotopic (exact) mass is 469 g/mol. The molecule has 0 fully saturated rings. The predicted octanol–water partition coefficient (Wildman–Crippen LogP) is 4.23. The number of ether oxygens (including phenoxy) is 1. The summed E-state index contributed by atoms with van der Waals surface area (Å²) in [5.41, 5.74) is 9.54. The molecule has 0 bridgehead atoms. The molecule has 3 aromatic heterocycles. The maximum Gasteiger partial charge on any atom is 0.304 e. The second-order valence-corrected chi connectivity index (χ2v) is 7.22. The summed E-state index contributed by atoms with van der Waals surface area (Å²) in [7, 11) is 0. The molecule has 0 amide bonds. The van der Waals surface area contributed by atoms with Crippen LogP contribution in [0.1, 0.15) is 12.0 Å². The fourth-order valence-electron chi connectivity index (χ4n) is 3.23. The van der Waals surface area contributed by atoms with Gasteiger partial charge in [0.1, 0.15) is 5.75 Å². The van der Waals surface area contributed by atoms with Crippen LogP contribution in [0.2, 0.25) is 0 Å². The van der Waals surface area contributed by atoms with Crippen LogP contribution < -0.4 is 10.5 Å². The molecule has 4 aromatic rings. The zero-order chi connectivity index (χ0) is 22.5. The quantitative estimate of drug-likeness (QED) is 0.352. The van der Waals surface area contributed by atoms with Gasteiger partial charge in [-0.05, 0) is 60.5 Å². The first kappa shape index (κ1) is 23.8. The van der Waals surface area contributed by atoms with Crippen molar-refractivity contribution in [1.29, 1.82) is 0 Å². The molecule has 1 aromatic carbocycles. The van der Waals surface area contributed by atoms with Crippen LogP contribution in [-0.2, 0) is 11.2 Å². The maximum absolute atomic E-state index is 14.4. The van der Waals surface area contributed by atoms with Crippen LogP contribution in [-0.4, -0.2) is 37.3 Å². The smallest absolute Gasteiger partial charge is 0.304 e. The van der Waals surface area contributed by atoms with Crippen LogP contribution in [0.15, 0.2) is 67.1 Å². The van der Waals surface area contributed by atoms with Crippen LogP contribution in [0.4, 0.5) is 4.39 Å². The third kappa shape index (κ3) is 6.12. The van der Waals surface area contributed by atoms with Gasteiger partial charge in [-0.15, -0.1) is 12.4 Å².